The first-order chi connectivity index (χ1) is 42.6. The number of hydrogen-bond acceptors (Lipinski definition) is 17. The molecule has 2 aromatic carbocycles. The lowest BCUT2D eigenvalue weighted by Crippen LogP contribution is -2.62. The number of amides is 10. The highest BCUT2D eigenvalue weighted by molar-refractivity contribution is 6.05. The average molecular weight is 1280 g/mol. The zero-order valence-electron chi connectivity index (χ0n) is 55.9. The molecular weight excluding hydrogens is 1180 g/mol. The maximum Gasteiger partial charge on any atom is 0.245 e. The van der Waals surface area contributed by atoms with Crippen LogP contribution in [0.25, 0.3) is 21.9 Å². The Kier molecular flexibility index (Phi) is 31.9. The molecule has 27 nitrogen and oxygen atoms in total. The van der Waals surface area contributed by atoms with Crippen molar-refractivity contribution < 1.29 is 72.8 Å². The number of benzene rings is 2. The molecule has 1 heterocycles. The Labute approximate surface area is 534 Å². The fourth-order valence-corrected chi connectivity index (χ4v) is 9.77. The molecule has 3 aromatic rings. The van der Waals surface area contributed by atoms with E-state index in [1.54, 1.807) is 53.7 Å². The van der Waals surface area contributed by atoms with Crippen LogP contribution in [-0.2, 0) is 60.8 Å². The van der Waals surface area contributed by atoms with Gasteiger partial charge in [-0.05, 0) is 128 Å². The molecule has 1 aromatic heterocycles. The summed E-state index contributed by atoms with van der Waals surface area (Å²) < 4.78 is 6.14. The fraction of sp³-hybridized carbons (Fsp3) is 0.656. The third-order valence-electron chi connectivity index (χ3n) is 16.0. The predicted octanol–water partition coefficient (Wildman–Crippen LogP) is -0.387. The minimum absolute atomic E-state index is 0.0411. The summed E-state index contributed by atoms with van der Waals surface area (Å²) in [4.78, 5) is 139. The molecule has 0 bridgehead atoms. The van der Waals surface area contributed by atoms with Crippen LogP contribution in [0.2, 0.25) is 0 Å². The second-order valence-corrected chi connectivity index (χ2v) is 25.2. The van der Waals surface area contributed by atoms with E-state index in [2.05, 4.69) is 53.2 Å². The van der Waals surface area contributed by atoms with Gasteiger partial charge in [0.15, 0.2) is 0 Å². The maximum absolute atomic E-state index is 14.0. The number of rotatable bonds is 38. The highest BCUT2D eigenvalue weighted by Crippen LogP contribution is 2.31. The van der Waals surface area contributed by atoms with E-state index in [1.807, 2.05) is 76.1 Å². The molecule has 0 aliphatic rings. The van der Waals surface area contributed by atoms with Crippen LogP contribution in [0.1, 0.15) is 120 Å². The molecule has 0 fully saturated rings. The highest BCUT2D eigenvalue weighted by Gasteiger charge is 2.39. The van der Waals surface area contributed by atoms with Gasteiger partial charge in [0.05, 0.1) is 24.4 Å². The van der Waals surface area contributed by atoms with E-state index in [0.29, 0.717) is 37.1 Å². The number of aliphatic hydroxyl groups is 4. The SMILES string of the molecule is CC[C@H](C)[C@H](NC(=O)CCc1ccc2oc3ccc(CCC(=O)N[C@H](C(=O)N[C@H](C(=O)N[C@H](C(=O)N[C@H](C(=O)NCCN(C)C)[C@@H](C)O)C(C)C)[C@@H](C)O)[C@@H](C)CC)cc3c2c1)C(=O)N[C@H](C(=O)N[C@H](C(=O)N[C@H](C(=O)NCCN(C)C)[C@@H](C)O)C(C)C)[C@@H](C)O. The zero-order valence-corrected chi connectivity index (χ0v) is 55.9. The van der Waals surface area contributed by atoms with Crippen molar-refractivity contribution in [1.29, 1.82) is 0 Å². The van der Waals surface area contributed by atoms with E-state index >= 15 is 0 Å². The van der Waals surface area contributed by atoms with Crippen LogP contribution in [-0.4, -0.2) is 216 Å². The monoisotopic (exact) mass is 1280 g/mol. The number of aryl methyl sites for hydroxylation is 2. The van der Waals surface area contributed by atoms with Crippen LogP contribution in [0.4, 0.5) is 0 Å². The summed E-state index contributed by atoms with van der Waals surface area (Å²) in [6, 6.07) is 0.438. The molecule has 27 heteroatoms. The van der Waals surface area contributed by atoms with Gasteiger partial charge in [-0.3, -0.25) is 47.9 Å². The first kappa shape index (κ1) is 77.9. The first-order valence-corrected chi connectivity index (χ1v) is 31.5. The second kappa shape index (κ2) is 37.3. The van der Waals surface area contributed by atoms with Gasteiger partial charge in [0.25, 0.3) is 0 Å². The first-order valence-electron chi connectivity index (χ1n) is 31.5. The van der Waals surface area contributed by atoms with Crippen LogP contribution in [0.5, 0.6) is 0 Å². The summed E-state index contributed by atoms with van der Waals surface area (Å²) in [6.45, 7) is 20.6. The minimum Gasteiger partial charge on any atom is -0.456 e. The summed E-state index contributed by atoms with van der Waals surface area (Å²) in [7, 11) is 7.28. The van der Waals surface area contributed by atoms with Crippen molar-refractivity contribution in [2.75, 3.05) is 54.4 Å². The third kappa shape index (κ3) is 24.4. The molecule has 0 spiro atoms. The van der Waals surface area contributed by atoms with Crippen LogP contribution in [0, 0.1) is 23.7 Å². The van der Waals surface area contributed by atoms with E-state index < -0.39 is 155 Å². The summed E-state index contributed by atoms with van der Waals surface area (Å²) in [6.07, 6.45) is -4.14. The van der Waals surface area contributed by atoms with Crippen molar-refractivity contribution in [2.45, 2.75) is 194 Å². The fourth-order valence-electron chi connectivity index (χ4n) is 9.77. The van der Waals surface area contributed by atoms with Gasteiger partial charge in [-0.25, -0.2) is 0 Å². The Hall–Kier alpha value is -7.30. The van der Waals surface area contributed by atoms with Gasteiger partial charge in [0.2, 0.25) is 59.1 Å². The average Bonchev–Trinajstić information content (AvgIpc) is 1.66. The second-order valence-electron chi connectivity index (χ2n) is 25.2. The van der Waals surface area contributed by atoms with Crippen molar-refractivity contribution in [3.05, 3.63) is 47.5 Å². The van der Waals surface area contributed by atoms with Gasteiger partial charge in [-0.1, -0.05) is 80.4 Å². The number of carbonyl (C=O) groups is 10. The lowest BCUT2D eigenvalue weighted by atomic mass is 9.96. The zero-order chi connectivity index (χ0) is 68.7. The Bertz CT molecular complexity index is 2740. The van der Waals surface area contributed by atoms with E-state index in [4.69, 9.17) is 4.42 Å². The van der Waals surface area contributed by atoms with Gasteiger partial charge in [0, 0.05) is 49.8 Å². The largest absolute Gasteiger partial charge is 0.456 e. The predicted molar refractivity (Wildman–Crippen MR) is 344 cm³/mol. The molecule has 0 saturated carbocycles. The number of hydrogen-bond donors (Lipinski definition) is 14. The van der Waals surface area contributed by atoms with E-state index in [-0.39, 0.29) is 38.8 Å². The van der Waals surface area contributed by atoms with E-state index in [1.165, 1.54) is 27.7 Å². The smallest absolute Gasteiger partial charge is 0.245 e. The molecular formula is C64H104N12O15. The number of nitrogens with zero attached hydrogens (tertiary/aromatic N) is 2. The van der Waals surface area contributed by atoms with Crippen molar-refractivity contribution in [2.24, 2.45) is 23.7 Å². The highest BCUT2D eigenvalue weighted by atomic mass is 16.3. The maximum atomic E-state index is 14.0. The number of likely N-dealkylation sites (N-methyl/N-ethyl adjacent to an activating group) is 2. The topological polar surface area (TPSA) is 392 Å². The summed E-state index contributed by atoms with van der Waals surface area (Å²) in [5, 5.41) is 70.1. The molecule has 510 valence electrons. The summed E-state index contributed by atoms with van der Waals surface area (Å²) in [5.41, 5.74) is 2.68. The Morgan fingerprint density at radius 2 is 0.670 bits per heavy atom. The third-order valence-corrected chi connectivity index (χ3v) is 16.0. The molecule has 10 amide bonds. The Morgan fingerprint density at radius 3 is 0.945 bits per heavy atom. The number of furan rings is 1. The molecule has 0 aliphatic carbocycles. The molecule has 14 N–H and O–H groups in total. The van der Waals surface area contributed by atoms with Gasteiger partial charge in [-0.2, -0.15) is 0 Å². The minimum atomic E-state index is -1.56. The Balaban J connectivity index is 1.70. The lowest BCUT2D eigenvalue weighted by Gasteiger charge is -2.30. The van der Waals surface area contributed by atoms with Gasteiger partial charge < -0.3 is 87.8 Å². The van der Waals surface area contributed by atoms with Gasteiger partial charge in [-0.15, -0.1) is 0 Å². The quantitative estimate of drug-likeness (QED) is 0.0347. The normalized spacial score (nSPS) is 16.4. The molecule has 0 aliphatic heterocycles. The molecule has 0 unspecified atom stereocenters. The van der Waals surface area contributed by atoms with Gasteiger partial charge >= 0.3 is 0 Å². The Morgan fingerprint density at radius 1 is 0.396 bits per heavy atom. The molecule has 0 saturated heterocycles. The van der Waals surface area contributed by atoms with E-state index in [0.717, 1.165) is 21.9 Å². The van der Waals surface area contributed by atoms with Crippen LogP contribution in [0.15, 0.2) is 40.8 Å². The van der Waals surface area contributed by atoms with E-state index in [9.17, 15) is 68.4 Å². The van der Waals surface area contributed by atoms with Crippen LogP contribution in [0.3, 0.4) is 0 Å². The summed E-state index contributed by atoms with van der Waals surface area (Å²) >= 11 is 0. The number of carbonyl (C=O) groups excluding carboxylic acids is 10. The molecule has 14 atom stereocenters. The molecule has 91 heavy (non-hydrogen) atoms. The van der Waals surface area contributed by atoms with Crippen molar-refractivity contribution >= 4 is 81.0 Å². The number of aliphatic hydroxyl groups excluding tert-OH is 4. The van der Waals surface area contributed by atoms with Crippen molar-refractivity contribution in [3.63, 3.8) is 0 Å². The van der Waals surface area contributed by atoms with Crippen molar-refractivity contribution in [3.8, 4) is 0 Å². The standard InChI is InChI=1S/C64H104N12O15/c1-17-35(7)51(61(87)73-55(39(11)79)63(89)69-49(33(3)4)59(85)71-53(37(9)77)57(83)65-27-29-75(13)14)67-47(81)25-21-41-19-23-45-43(31-41)44-32-42(20-24-46(44)91-45)22-26-48(82)68-52(36(8)18-2)62(88)74-56(40(12)80)64(90)70-50(34(5)6)60(86)72-54(38(10)78)58(84)66-28-30-76(15)16/h19-20,23-24,31-40,49-56,77-80H,17-18,21-22,25-30H2,1-16H3,(H,65,83)(H,66,84)(H,67,81)(H,68,82)(H,69,89)(H,70,90)(H,71,85)(H,72,86)(H,73,87)(H,74,88)/t35-,36-,37+,38+,39+,40+,49-,50-,51-,52-,53-,54-,55-,56-/m0/s1. The van der Waals surface area contributed by atoms with Crippen LogP contribution < -0.4 is 53.2 Å². The summed E-state index contributed by atoms with van der Waals surface area (Å²) in [5.74, 6) is -8.93. The van der Waals surface area contributed by atoms with Crippen LogP contribution >= 0.6 is 0 Å². The van der Waals surface area contributed by atoms with Gasteiger partial charge in [0.1, 0.15) is 59.5 Å². The number of nitrogens with one attached hydrogen (secondary N) is 10. The van der Waals surface area contributed by atoms with Crippen molar-refractivity contribution in [1.82, 2.24) is 63.0 Å². The molecule has 3 rings (SSSR count). The molecule has 0 radical (unpaired) electrons. The lowest BCUT2D eigenvalue weighted by molar-refractivity contribution is -0.138. The number of fused-ring (bicyclic) bond motifs is 3.